The SMILES string of the molecule is COC(=O)[C@H](Cc1ccccc1)NC(=O)c1ccc(N2C(=O)C(C)CS2(=O)=O)cc1. The molecular formula is C21H22N2O6S. The fourth-order valence-electron chi connectivity index (χ4n) is 3.26. The number of hydrogen-bond acceptors (Lipinski definition) is 6. The largest absolute Gasteiger partial charge is 0.467 e. The number of amides is 2. The maximum absolute atomic E-state index is 12.6. The van der Waals surface area contributed by atoms with E-state index in [4.69, 9.17) is 4.74 Å². The zero-order chi connectivity index (χ0) is 21.9. The number of anilines is 1. The predicted molar refractivity (Wildman–Crippen MR) is 110 cm³/mol. The summed E-state index contributed by atoms with van der Waals surface area (Å²) < 4.78 is 30.0. The number of nitrogens with one attached hydrogen (secondary N) is 1. The standard InChI is InChI=1S/C21H22N2O6S/c1-14-13-30(27,28)23(20(14)25)17-10-8-16(9-11-17)19(24)22-18(21(26)29-2)12-15-6-4-3-5-7-15/h3-11,14,18H,12-13H2,1-2H3,(H,22,24)/t14?,18-/m0/s1. The number of rotatable bonds is 6. The fourth-order valence-corrected chi connectivity index (χ4v) is 5.08. The molecule has 1 saturated heterocycles. The van der Waals surface area contributed by atoms with Gasteiger partial charge in [0.2, 0.25) is 15.9 Å². The second kappa shape index (κ2) is 8.66. The first kappa shape index (κ1) is 21.5. The van der Waals surface area contributed by atoms with Crippen LogP contribution in [0.1, 0.15) is 22.8 Å². The fraction of sp³-hybridized carbons (Fsp3) is 0.286. The molecule has 158 valence electrons. The van der Waals surface area contributed by atoms with Crippen molar-refractivity contribution >= 4 is 33.5 Å². The van der Waals surface area contributed by atoms with Crippen LogP contribution < -0.4 is 9.62 Å². The van der Waals surface area contributed by atoms with Crippen LogP contribution >= 0.6 is 0 Å². The molecule has 9 heteroatoms. The highest BCUT2D eigenvalue weighted by Crippen LogP contribution is 2.28. The first-order chi connectivity index (χ1) is 14.2. The molecule has 1 aliphatic heterocycles. The molecule has 0 radical (unpaired) electrons. The molecule has 2 amide bonds. The Morgan fingerprint density at radius 1 is 1.13 bits per heavy atom. The van der Waals surface area contributed by atoms with Crippen molar-refractivity contribution < 1.29 is 27.5 Å². The Balaban J connectivity index is 1.76. The Hall–Kier alpha value is -3.20. The third kappa shape index (κ3) is 4.51. The van der Waals surface area contributed by atoms with Crippen LogP contribution in [0.5, 0.6) is 0 Å². The van der Waals surface area contributed by atoms with Gasteiger partial charge in [0, 0.05) is 12.0 Å². The van der Waals surface area contributed by atoms with Gasteiger partial charge in [-0.05, 0) is 29.8 Å². The first-order valence-electron chi connectivity index (χ1n) is 9.32. The minimum atomic E-state index is -3.72. The van der Waals surface area contributed by atoms with E-state index in [9.17, 15) is 22.8 Å². The van der Waals surface area contributed by atoms with Gasteiger partial charge in [-0.2, -0.15) is 0 Å². The van der Waals surface area contributed by atoms with Gasteiger partial charge in [-0.1, -0.05) is 37.3 Å². The minimum absolute atomic E-state index is 0.176. The number of sulfonamides is 1. The van der Waals surface area contributed by atoms with E-state index in [0.29, 0.717) is 0 Å². The molecule has 1 heterocycles. The Labute approximate surface area is 174 Å². The van der Waals surface area contributed by atoms with Crippen molar-refractivity contribution in [3.05, 3.63) is 65.7 Å². The normalized spacial score (nSPS) is 18.7. The van der Waals surface area contributed by atoms with Crippen LogP contribution in [0.15, 0.2) is 54.6 Å². The number of carbonyl (C=O) groups is 3. The molecular weight excluding hydrogens is 408 g/mol. The summed E-state index contributed by atoms with van der Waals surface area (Å²) in [5.74, 6) is -2.45. The third-order valence-electron chi connectivity index (χ3n) is 4.80. The van der Waals surface area contributed by atoms with Crippen LogP contribution in [0.4, 0.5) is 5.69 Å². The van der Waals surface area contributed by atoms with Gasteiger partial charge < -0.3 is 10.1 Å². The summed E-state index contributed by atoms with van der Waals surface area (Å²) in [5.41, 5.74) is 1.25. The summed E-state index contributed by atoms with van der Waals surface area (Å²) in [4.78, 5) is 36.9. The Morgan fingerprint density at radius 3 is 2.30 bits per heavy atom. The minimum Gasteiger partial charge on any atom is -0.467 e. The van der Waals surface area contributed by atoms with Gasteiger partial charge in [0.1, 0.15) is 6.04 Å². The first-order valence-corrected chi connectivity index (χ1v) is 10.9. The van der Waals surface area contributed by atoms with Crippen molar-refractivity contribution in [1.82, 2.24) is 5.32 Å². The van der Waals surface area contributed by atoms with E-state index in [2.05, 4.69) is 5.32 Å². The van der Waals surface area contributed by atoms with Crippen molar-refractivity contribution in [2.75, 3.05) is 17.2 Å². The second-order valence-electron chi connectivity index (χ2n) is 7.07. The van der Waals surface area contributed by atoms with Gasteiger partial charge in [-0.25, -0.2) is 17.5 Å². The number of hydrogen-bond donors (Lipinski definition) is 1. The number of methoxy groups -OCH3 is 1. The summed E-state index contributed by atoms with van der Waals surface area (Å²) in [7, 11) is -2.47. The topological polar surface area (TPSA) is 110 Å². The second-order valence-corrected chi connectivity index (χ2v) is 8.93. The molecule has 1 N–H and O–H groups in total. The lowest BCUT2D eigenvalue weighted by atomic mass is 10.1. The van der Waals surface area contributed by atoms with Crippen molar-refractivity contribution in [3.8, 4) is 0 Å². The molecule has 1 fully saturated rings. The van der Waals surface area contributed by atoms with Crippen LogP contribution in [0.3, 0.4) is 0 Å². The Bertz CT molecular complexity index is 1050. The highest BCUT2D eigenvalue weighted by Gasteiger charge is 2.41. The average Bonchev–Trinajstić information content (AvgIpc) is 2.94. The molecule has 0 spiro atoms. The number of benzene rings is 2. The summed E-state index contributed by atoms with van der Waals surface area (Å²) in [6.07, 6.45) is 0.260. The van der Waals surface area contributed by atoms with Gasteiger partial charge in [-0.3, -0.25) is 9.59 Å². The van der Waals surface area contributed by atoms with Crippen molar-refractivity contribution in [2.24, 2.45) is 5.92 Å². The van der Waals surface area contributed by atoms with Crippen LogP contribution in [0, 0.1) is 5.92 Å². The molecule has 0 aromatic heterocycles. The molecule has 3 rings (SSSR count). The summed E-state index contributed by atoms with van der Waals surface area (Å²) in [5, 5.41) is 2.64. The average molecular weight is 430 g/mol. The summed E-state index contributed by atoms with van der Waals surface area (Å²) >= 11 is 0. The van der Waals surface area contributed by atoms with E-state index in [1.165, 1.54) is 31.4 Å². The Morgan fingerprint density at radius 2 is 1.77 bits per heavy atom. The van der Waals surface area contributed by atoms with Gasteiger partial charge in [-0.15, -0.1) is 0 Å². The predicted octanol–water partition coefficient (Wildman–Crippen LogP) is 1.51. The van der Waals surface area contributed by atoms with E-state index < -0.39 is 39.8 Å². The van der Waals surface area contributed by atoms with E-state index >= 15 is 0 Å². The number of nitrogens with zero attached hydrogens (tertiary/aromatic N) is 1. The van der Waals surface area contributed by atoms with E-state index in [-0.39, 0.29) is 23.4 Å². The maximum atomic E-state index is 12.6. The summed E-state index contributed by atoms with van der Waals surface area (Å²) in [6, 6.07) is 13.9. The van der Waals surface area contributed by atoms with Crippen LogP contribution in [-0.2, 0) is 30.8 Å². The molecule has 1 unspecified atom stereocenters. The van der Waals surface area contributed by atoms with Crippen LogP contribution in [0.25, 0.3) is 0 Å². The molecule has 0 aliphatic carbocycles. The molecule has 2 aromatic carbocycles. The van der Waals surface area contributed by atoms with E-state index in [1.54, 1.807) is 6.92 Å². The molecule has 0 bridgehead atoms. The molecule has 2 atom stereocenters. The molecule has 0 saturated carbocycles. The van der Waals surface area contributed by atoms with Gasteiger partial charge in [0.15, 0.2) is 0 Å². The van der Waals surface area contributed by atoms with Gasteiger partial charge >= 0.3 is 5.97 Å². The lowest BCUT2D eigenvalue weighted by Gasteiger charge is -2.18. The van der Waals surface area contributed by atoms with E-state index in [1.807, 2.05) is 30.3 Å². The zero-order valence-electron chi connectivity index (χ0n) is 16.6. The van der Waals surface area contributed by atoms with E-state index in [0.717, 1.165) is 9.87 Å². The number of esters is 1. The number of carbonyl (C=O) groups excluding carboxylic acids is 3. The van der Waals surface area contributed by atoms with Gasteiger partial charge in [0.25, 0.3) is 5.91 Å². The molecule has 1 aliphatic rings. The lowest BCUT2D eigenvalue weighted by molar-refractivity contribution is -0.142. The Kier molecular flexibility index (Phi) is 6.21. The maximum Gasteiger partial charge on any atom is 0.328 e. The number of ether oxygens (including phenoxy) is 1. The van der Waals surface area contributed by atoms with Crippen molar-refractivity contribution in [2.45, 2.75) is 19.4 Å². The lowest BCUT2D eigenvalue weighted by Crippen LogP contribution is -2.43. The summed E-state index contributed by atoms with van der Waals surface area (Å²) in [6.45, 7) is 1.56. The third-order valence-corrected chi connectivity index (χ3v) is 6.67. The van der Waals surface area contributed by atoms with Gasteiger partial charge in [0.05, 0.1) is 24.5 Å². The molecule has 30 heavy (non-hydrogen) atoms. The van der Waals surface area contributed by atoms with Crippen molar-refractivity contribution in [1.29, 1.82) is 0 Å². The molecule has 2 aromatic rings. The van der Waals surface area contributed by atoms with Crippen molar-refractivity contribution in [3.63, 3.8) is 0 Å². The highest BCUT2D eigenvalue weighted by atomic mass is 32.2. The molecule has 8 nitrogen and oxygen atoms in total. The highest BCUT2D eigenvalue weighted by molar-refractivity contribution is 7.94. The monoisotopic (exact) mass is 430 g/mol. The van der Waals surface area contributed by atoms with Crippen LogP contribution in [0.2, 0.25) is 0 Å². The van der Waals surface area contributed by atoms with Crippen LogP contribution in [-0.4, -0.2) is 45.1 Å². The smallest absolute Gasteiger partial charge is 0.328 e. The zero-order valence-corrected chi connectivity index (χ0v) is 17.4. The quantitative estimate of drug-likeness (QED) is 0.696.